The minimum atomic E-state index is 0.644. The van der Waals surface area contributed by atoms with Gasteiger partial charge in [0.1, 0.15) is 5.82 Å². The Balaban J connectivity index is 1.74. The van der Waals surface area contributed by atoms with E-state index in [4.69, 9.17) is 0 Å². The highest BCUT2D eigenvalue weighted by Gasteiger charge is 2.19. The van der Waals surface area contributed by atoms with Gasteiger partial charge >= 0.3 is 0 Å². The second-order valence-corrected chi connectivity index (χ2v) is 4.77. The zero-order valence-corrected chi connectivity index (χ0v) is 10.1. The number of rotatable bonds is 2. The number of aromatic nitrogens is 2. The second-order valence-electron chi connectivity index (χ2n) is 4.77. The number of imidazole rings is 1. The number of hydrogen-bond acceptors (Lipinski definition) is 2. The summed E-state index contributed by atoms with van der Waals surface area (Å²) in [4.78, 5) is 4.40. The topological polar surface area (TPSA) is 29.9 Å². The number of nitrogens with one attached hydrogen (secondary N) is 1. The van der Waals surface area contributed by atoms with Crippen LogP contribution in [0.5, 0.6) is 0 Å². The van der Waals surface area contributed by atoms with Crippen molar-refractivity contribution in [2.75, 3.05) is 11.9 Å². The minimum absolute atomic E-state index is 0.644. The number of nitrogens with zero attached hydrogens (tertiary/aromatic N) is 2. The van der Waals surface area contributed by atoms with Crippen molar-refractivity contribution in [1.29, 1.82) is 0 Å². The monoisotopic (exact) mass is 227 g/mol. The van der Waals surface area contributed by atoms with E-state index in [1.54, 1.807) is 0 Å². The minimum Gasteiger partial charge on any atom is -0.385 e. The van der Waals surface area contributed by atoms with Crippen LogP contribution in [0, 0.1) is 5.92 Å². The highest BCUT2D eigenvalue weighted by molar-refractivity contribution is 5.53. The van der Waals surface area contributed by atoms with E-state index in [-0.39, 0.29) is 0 Å². The van der Waals surface area contributed by atoms with Gasteiger partial charge in [-0.15, -0.1) is 0 Å². The summed E-state index contributed by atoms with van der Waals surface area (Å²) in [5.74, 6) is 1.82. The van der Waals surface area contributed by atoms with Gasteiger partial charge in [-0.1, -0.05) is 18.2 Å². The molecule has 0 fully saturated rings. The number of anilines is 1. The normalized spacial score (nSPS) is 18.5. The van der Waals surface area contributed by atoms with E-state index in [2.05, 4.69) is 46.2 Å². The lowest BCUT2D eigenvalue weighted by Crippen LogP contribution is -2.25. The Morgan fingerprint density at radius 3 is 3.12 bits per heavy atom. The zero-order chi connectivity index (χ0) is 11.7. The van der Waals surface area contributed by atoms with Crippen LogP contribution < -0.4 is 5.32 Å². The standard InChI is InChI=1S/C14H17N3/c1-17-7-6-15-14(17)9-11-8-12-4-2-3-5-13(12)16-10-11/h2-7,11,16H,8-10H2,1H3. The Hall–Kier alpha value is -1.77. The van der Waals surface area contributed by atoms with Crippen LogP contribution in [0.2, 0.25) is 0 Å². The van der Waals surface area contributed by atoms with Gasteiger partial charge in [-0.3, -0.25) is 0 Å². The molecule has 0 spiro atoms. The fourth-order valence-electron chi connectivity index (χ4n) is 2.50. The van der Waals surface area contributed by atoms with Gasteiger partial charge in [-0.05, 0) is 24.0 Å². The molecule has 2 heterocycles. The molecule has 1 aromatic heterocycles. The van der Waals surface area contributed by atoms with E-state index in [9.17, 15) is 0 Å². The number of fused-ring (bicyclic) bond motifs is 1. The Labute approximate surface area is 101 Å². The highest BCUT2D eigenvalue weighted by Crippen LogP contribution is 2.25. The molecule has 1 aromatic carbocycles. The predicted molar refractivity (Wildman–Crippen MR) is 69.0 cm³/mol. The van der Waals surface area contributed by atoms with Crippen LogP contribution in [0.3, 0.4) is 0 Å². The van der Waals surface area contributed by atoms with Gasteiger partial charge in [0, 0.05) is 38.1 Å². The molecule has 2 aromatic rings. The highest BCUT2D eigenvalue weighted by atomic mass is 15.0. The average molecular weight is 227 g/mol. The van der Waals surface area contributed by atoms with E-state index >= 15 is 0 Å². The van der Waals surface area contributed by atoms with Crippen molar-refractivity contribution in [3.8, 4) is 0 Å². The van der Waals surface area contributed by atoms with Crippen LogP contribution >= 0.6 is 0 Å². The molecule has 1 N–H and O–H groups in total. The fourth-order valence-corrected chi connectivity index (χ4v) is 2.50. The van der Waals surface area contributed by atoms with Gasteiger partial charge < -0.3 is 9.88 Å². The van der Waals surface area contributed by atoms with Crippen molar-refractivity contribution >= 4 is 5.69 Å². The van der Waals surface area contributed by atoms with Gasteiger partial charge in [0.2, 0.25) is 0 Å². The largest absolute Gasteiger partial charge is 0.385 e. The summed E-state index contributed by atoms with van der Waals surface area (Å²) >= 11 is 0. The molecule has 1 unspecified atom stereocenters. The Kier molecular flexibility index (Phi) is 2.59. The molecule has 0 radical (unpaired) electrons. The maximum Gasteiger partial charge on any atom is 0.108 e. The summed E-state index contributed by atoms with van der Waals surface area (Å²) in [5.41, 5.74) is 2.72. The number of aryl methyl sites for hydroxylation is 1. The summed E-state index contributed by atoms with van der Waals surface area (Å²) in [6, 6.07) is 8.58. The smallest absolute Gasteiger partial charge is 0.108 e. The Morgan fingerprint density at radius 1 is 1.41 bits per heavy atom. The van der Waals surface area contributed by atoms with Crippen molar-refractivity contribution < 1.29 is 0 Å². The lowest BCUT2D eigenvalue weighted by Gasteiger charge is -2.25. The molecule has 0 bridgehead atoms. The van der Waals surface area contributed by atoms with Gasteiger partial charge in [-0.25, -0.2) is 4.98 Å². The maximum absolute atomic E-state index is 4.40. The van der Waals surface area contributed by atoms with E-state index in [1.807, 2.05) is 12.4 Å². The molecule has 0 saturated carbocycles. The van der Waals surface area contributed by atoms with Crippen molar-refractivity contribution in [3.63, 3.8) is 0 Å². The van der Waals surface area contributed by atoms with Crippen molar-refractivity contribution in [2.24, 2.45) is 13.0 Å². The van der Waals surface area contributed by atoms with Crippen LogP contribution in [0.15, 0.2) is 36.7 Å². The lowest BCUT2D eigenvalue weighted by molar-refractivity contribution is 0.512. The van der Waals surface area contributed by atoms with E-state index in [1.165, 1.54) is 17.1 Å². The zero-order valence-electron chi connectivity index (χ0n) is 10.1. The van der Waals surface area contributed by atoms with E-state index < -0.39 is 0 Å². The molecule has 3 heteroatoms. The average Bonchev–Trinajstić information content (AvgIpc) is 2.75. The van der Waals surface area contributed by atoms with Crippen LogP contribution in [-0.4, -0.2) is 16.1 Å². The molecule has 3 rings (SSSR count). The summed E-state index contributed by atoms with van der Waals surface area (Å²) in [6.45, 7) is 1.05. The summed E-state index contributed by atoms with van der Waals surface area (Å²) in [5, 5.41) is 3.51. The third-order valence-electron chi connectivity index (χ3n) is 3.50. The Bertz CT molecular complexity index is 516. The van der Waals surface area contributed by atoms with Gasteiger partial charge in [-0.2, -0.15) is 0 Å². The molecule has 1 aliphatic heterocycles. The summed E-state index contributed by atoms with van der Waals surface area (Å²) in [7, 11) is 2.06. The Morgan fingerprint density at radius 2 is 2.29 bits per heavy atom. The predicted octanol–water partition coefficient (Wildman–Crippen LogP) is 2.25. The van der Waals surface area contributed by atoms with Gasteiger partial charge in [0.05, 0.1) is 0 Å². The number of hydrogen-bond donors (Lipinski definition) is 1. The third-order valence-corrected chi connectivity index (χ3v) is 3.50. The molecule has 1 atom stereocenters. The van der Waals surface area contributed by atoms with Gasteiger partial charge in [0.15, 0.2) is 0 Å². The van der Waals surface area contributed by atoms with Crippen LogP contribution in [0.1, 0.15) is 11.4 Å². The van der Waals surface area contributed by atoms with Crippen LogP contribution in [-0.2, 0) is 19.9 Å². The van der Waals surface area contributed by atoms with Crippen LogP contribution in [0.25, 0.3) is 0 Å². The number of para-hydroxylation sites is 1. The van der Waals surface area contributed by atoms with Crippen molar-refractivity contribution in [2.45, 2.75) is 12.8 Å². The quantitative estimate of drug-likeness (QED) is 0.852. The van der Waals surface area contributed by atoms with Crippen LogP contribution in [0.4, 0.5) is 5.69 Å². The summed E-state index contributed by atoms with van der Waals surface area (Å²) < 4.78 is 2.11. The van der Waals surface area contributed by atoms with E-state index in [0.29, 0.717) is 5.92 Å². The first-order valence-corrected chi connectivity index (χ1v) is 6.11. The molecule has 88 valence electrons. The number of benzene rings is 1. The maximum atomic E-state index is 4.40. The van der Waals surface area contributed by atoms with Gasteiger partial charge in [0.25, 0.3) is 0 Å². The molecule has 17 heavy (non-hydrogen) atoms. The van der Waals surface area contributed by atoms with Crippen molar-refractivity contribution in [1.82, 2.24) is 9.55 Å². The molecular weight excluding hydrogens is 210 g/mol. The first-order chi connectivity index (χ1) is 8.33. The molecule has 0 amide bonds. The molecule has 0 saturated heterocycles. The molecule has 3 nitrogen and oxygen atoms in total. The van der Waals surface area contributed by atoms with Crippen molar-refractivity contribution in [3.05, 3.63) is 48.0 Å². The fraction of sp³-hybridized carbons (Fsp3) is 0.357. The third kappa shape index (κ3) is 2.05. The first-order valence-electron chi connectivity index (χ1n) is 6.11. The molecule has 0 aliphatic carbocycles. The van der Waals surface area contributed by atoms with E-state index in [0.717, 1.165) is 19.4 Å². The first kappa shape index (κ1) is 10.4. The summed E-state index contributed by atoms with van der Waals surface area (Å²) in [6.07, 6.45) is 6.08. The molecular formula is C14H17N3. The molecule has 1 aliphatic rings. The SMILES string of the molecule is Cn1ccnc1CC1CNc2ccccc2C1. The second kappa shape index (κ2) is 4.24. The lowest BCUT2D eigenvalue weighted by atomic mass is 9.91.